The molecule has 6 nitrogen and oxygen atoms in total. The molecule has 0 radical (unpaired) electrons. The Morgan fingerprint density at radius 1 is 1.45 bits per heavy atom. The zero-order valence-corrected chi connectivity index (χ0v) is 11.1. The number of methoxy groups -OCH3 is 1. The Morgan fingerprint density at radius 3 is 2.40 bits per heavy atom. The minimum absolute atomic E-state index is 0.353. The molecule has 0 aromatic heterocycles. The van der Waals surface area contributed by atoms with E-state index in [4.69, 9.17) is 11.6 Å². The zero-order chi connectivity index (χ0) is 15.7. The van der Waals surface area contributed by atoms with Gasteiger partial charge in [-0.25, -0.2) is 4.79 Å². The van der Waals surface area contributed by atoms with Crippen molar-refractivity contribution in [1.82, 2.24) is 10.6 Å². The normalized spacial score (nSPS) is 22.6. The lowest BCUT2D eigenvalue weighted by atomic mass is 9.89. The molecule has 0 saturated heterocycles. The van der Waals surface area contributed by atoms with Crippen LogP contribution in [0.15, 0.2) is 11.3 Å². The lowest BCUT2D eigenvalue weighted by Crippen LogP contribution is -2.66. The summed E-state index contributed by atoms with van der Waals surface area (Å²) in [5, 5.41) is 3.33. The van der Waals surface area contributed by atoms with Crippen molar-refractivity contribution in [3.63, 3.8) is 0 Å². The fourth-order valence-corrected chi connectivity index (χ4v) is 1.90. The van der Waals surface area contributed by atoms with Crippen molar-refractivity contribution < 1.29 is 32.3 Å². The molecule has 0 spiro atoms. The van der Waals surface area contributed by atoms with E-state index >= 15 is 0 Å². The summed E-state index contributed by atoms with van der Waals surface area (Å²) >= 11 is 5.14. The molecular weight excluding hydrogens is 305 g/mol. The number of carbonyl (C=O) groups excluding carboxylic acids is 3. The standard InChI is InChI=1S/C10H10ClF3N2O4/c1-4-6(7(18)20-2)9(8(19)15-4,10(12,13)14)16-5(17)3-11/h3H2,1-2H3,(H,15,19)(H,16,17)/t9-/m1/s1. The number of ether oxygens (including phenoxy) is 1. The lowest BCUT2D eigenvalue weighted by Gasteiger charge is -2.31. The number of carbonyl (C=O) groups is 3. The molecule has 0 aromatic carbocycles. The quantitative estimate of drug-likeness (QED) is 0.576. The van der Waals surface area contributed by atoms with Crippen LogP contribution < -0.4 is 10.6 Å². The number of amides is 2. The molecule has 10 heteroatoms. The van der Waals surface area contributed by atoms with Crippen LogP contribution >= 0.6 is 11.6 Å². The average molecular weight is 315 g/mol. The SMILES string of the molecule is COC(=O)C1=C(C)NC(=O)[C@@]1(NC(=O)CCl)C(F)(F)F. The van der Waals surface area contributed by atoms with Crippen LogP contribution in [0.1, 0.15) is 6.92 Å². The molecule has 2 N–H and O–H groups in total. The molecule has 0 unspecified atom stereocenters. The van der Waals surface area contributed by atoms with E-state index in [9.17, 15) is 27.6 Å². The van der Waals surface area contributed by atoms with E-state index in [2.05, 4.69) is 4.74 Å². The molecule has 0 bridgehead atoms. The van der Waals surface area contributed by atoms with Crippen molar-refractivity contribution in [1.29, 1.82) is 0 Å². The maximum absolute atomic E-state index is 13.3. The first-order chi connectivity index (χ1) is 9.11. The molecule has 1 aliphatic heterocycles. The highest BCUT2D eigenvalue weighted by molar-refractivity contribution is 6.27. The molecule has 2 amide bonds. The van der Waals surface area contributed by atoms with Gasteiger partial charge in [0.15, 0.2) is 0 Å². The van der Waals surface area contributed by atoms with E-state index in [0.717, 1.165) is 14.0 Å². The summed E-state index contributed by atoms with van der Waals surface area (Å²) in [5.74, 6) is -5.04. The van der Waals surface area contributed by atoms with E-state index in [1.54, 1.807) is 0 Å². The summed E-state index contributed by atoms with van der Waals surface area (Å²) in [6, 6.07) is 0. The van der Waals surface area contributed by atoms with Gasteiger partial charge in [0.05, 0.1) is 7.11 Å². The number of esters is 1. The van der Waals surface area contributed by atoms with Crippen LogP contribution in [-0.2, 0) is 19.1 Å². The highest BCUT2D eigenvalue weighted by Crippen LogP contribution is 2.41. The third-order valence-corrected chi connectivity index (χ3v) is 2.90. The highest BCUT2D eigenvalue weighted by Gasteiger charge is 2.69. The van der Waals surface area contributed by atoms with E-state index in [1.165, 1.54) is 5.32 Å². The number of allylic oxidation sites excluding steroid dienone is 1. The van der Waals surface area contributed by atoms with Crippen molar-refractivity contribution in [3.05, 3.63) is 11.3 Å². The topological polar surface area (TPSA) is 84.5 Å². The van der Waals surface area contributed by atoms with E-state index in [1.807, 2.05) is 5.32 Å². The maximum atomic E-state index is 13.3. The van der Waals surface area contributed by atoms with Gasteiger partial charge in [0.25, 0.3) is 5.91 Å². The molecule has 0 fully saturated rings. The third-order valence-electron chi connectivity index (χ3n) is 2.65. The molecular formula is C10H10ClF3N2O4. The van der Waals surface area contributed by atoms with Crippen LogP contribution in [-0.4, -0.2) is 42.5 Å². The first-order valence-electron chi connectivity index (χ1n) is 5.16. The number of hydrogen-bond donors (Lipinski definition) is 2. The Kier molecular flexibility index (Phi) is 4.33. The van der Waals surface area contributed by atoms with Gasteiger partial charge in [0, 0.05) is 5.70 Å². The fraction of sp³-hybridized carbons (Fsp3) is 0.500. The van der Waals surface area contributed by atoms with Gasteiger partial charge in [-0.2, -0.15) is 13.2 Å². The van der Waals surface area contributed by atoms with Crippen molar-refractivity contribution >= 4 is 29.4 Å². The summed E-state index contributed by atoms with van der Waals surface area (Å²) in [7, 11) is 0.857. The molecule has 20 heavy (non-hydrogen) atoms. The van der Waals surface area contributed by atoms with Gasteiger partial charge in [-0.3, -0.25) is 9.59 Å². The van der Waals surface area contributed by atoms with Crippen LogP contribution in [0, 0.1) is 0 Å². The van der Waals surface area contributed by atoms with Gasteiger partial charge in [0.2, 0.25) is 11.4 Å². The molecule has 1 rings (SSSR count). The van der Waals surface area contributed by atoms with Gasteiger partial charge in [0.1, 0.15) is 11.5 Å². The van der Waals surface area contributed by atoms with Gasteiger partial charge >= 0.3 is 12.1 Å². The van der Waals surface area contributed by atoms with Crippen molar-refractivity contribution in [2.45, 2.75) is 18.6 Å². The second-order valence-corrected chi connectivity index (χ2v) is 4.14. The number of hydrogen-bond acceptors (Lipinski definition) is 4. The van der Waals surface area contributed by atoms with Gasteiger partial charge in [-0.05, 0) is 6.92 Å². The van der Waals surface area contributed by atoms with E-state index < -0.39 is 41.0 Å². The Bertz CT molecular complexity index is 503. The third kappa shape index (κ3) is 2.33. The summed E-state index contributed by atoms with van der Waals surface area (Å²) in [5.41, 5.74) is -4.87. The first kappa shape index (κ1) is 16.3. The van der Waals surface area contributed by atoms with Crippen LogP contribution in [0.4, 0.5) is 13.2 Å². The molecule has 1 heterocycles. The maximum Gasteiger partial charge on any atom is 0.425 e. The fourth-order valence-electron chi connectivity index (χ4n) is 1.83. The molecule has 1 atom stereocenters. The van der Waals surface area contributed by atoms with Crippen molar-refractivity contribution in [3.8, 4) is 0 Å². The van der Waals surface area contributed by atoms with Crippen molar-refractivity contribution in [2.75, 3.05) is 13.0 Å². The van der Waals surface area contributed by atoms with E-state index in [0.29, 0.717) is 0 Å². The predicted molar refractivity (Wildman–Crippen MR) is 60.5 cm³/mol. The second-order valence-electron chi connectivity index (χ2n) is 3.88. The average Bonchev–Trinajstić information content (AvgIpc) is 2.60. The minimum atomic E-state index is -5.25. The number of nitrogens with one attached hydrogen (secondary N) is 2. The minimum Gasteiger partial charge on any atom is -0.466 e. The second kappa shape index (κ2) is 5.31. The van der Waals surface area contributed by atoms with E-state index in [-0.39, 0.29) is 5.70 Å². The van der Waals surface area contributed by atoms with Crippen LogP contribution in [0.2, 0.25) is 0 Å². The highest BCUT2D eigenvalue weighted by atomic mass is 35.5. The monoisotopic (exact) mass is 314 g/mol. The van der Waals surface area contributed by atoms with Crippen LogP contribution in [0.5, 0.6) is 0 Å². The molecule has 1 aliphatic rings. The first-order valence-corrected chi connectivity index (χ1v) is 5.70. The largest absolute Gasteiger partial charge is 0.466 e. The molecule has 0 saturated carbocycles. The number of alkyl halides is 4. The predicted octanol–water partition coefficient (Wildman–Crippen LogP) is 0.219. The number of halogens is 4. The Labute approximate surface area is 116 Å². The van der Waals surface area contributed by atoms with Gasteiger partial charge in [-0.1, -0.05) is 0 Å². The molecule has 0 aliphatic carbocycles. The Hall–Kier alpha value is -1.77. The van der Waals surface area contributed by atoms with Crippen LogP contribution in [0.25, 0.3) is 0 Å². The summed E-state index contributed by atoms with van der Waals surface area (Å²) < 4.78 is 44.2. The van der Waals surface area contributed by atoms with Crippen molar-refractivity contribution in [2.24, 2.45) is 0 Å². The Balaban J connectivity index is 3.51. The smallest absolute Gasteiger partial charge is 0.425 e. The van der Waals surface area contributed by atoms with Gasteiger partial charge in [-0.15, -0.1) is 11.6 Å². The number of rotatable bonds is 3. The molecule has 112 valence electrons. The van der Waals surface area contributed by atoms with Crippen LogP contribution in [0.3, 0.4) is 0 Å². The lowest BCUT2D eigenvalue weighted by molar-refractivity contribution is -0.192. The zero-order valence-electron chi connectivity index (χ0n) is 10.4. The summed E-state index contributed by atoms with van der Waals surface area (Å²) in [6.45, 7) is 1.09. The molecule has 0 aromatic rings. The summed E-state index contributed by atoms with van der Waals surface area (Å²) in [6.07, 6.45) is -5.25. The summed E-state index contributed by atoms with van der Waals surface area (Å²) in [4.78, 5) is 34.5. The Morgan fingerprint density at radius 2 is 2.00 bits per heavy atom. The van der Waals surface area contributed by atoms with Gasteiger partial charge < -0.3 is 15.4 Å².